The highest BCUT2D eigenvalue weighted by molar-refractivity contribution is 5.88. The third-order valence-corrected chi connectivity index (χ3v) is 7.70. The van der Waals surface area contributed by atoms with Crippen LogP contribution in [0.5, 0.6) is 0 Å². The first-order valence-electron chi connectivity index (χ1n) is 17.7. The summed E-state index contributed by atoms with van der Waals surface area (Å²) < 4.78 is 4.62. The predicted molar refractivity (Wildman–Crippen MR) is 177 cm³/mol. The molecular weight excluding hydrogens is 544 g/mol. The van der Waals surface area contributed by atoms with Crippen LogP contribution in [0.4, 0.5) is 0 Å². The van der Waals surface area contributed by atoms with E-state index in [0.29, 0.717) is 12.8 Å². The number of amides is 1. The Labute approximate surface area is 263 Å². The Bertz CT molecular complexity index is 671. The van der Waals surface area contributed by atoms with Crippen molar-refractivity contribution in [3.05, 3.63) is 0 Å². The summed E-state index contributed by atoms with van der Waals surface area (Å²) in [5.74, 6) is -2.61. The van der Waals surface area contributed by atoms with Gasteiger partial charge in [-0.05, 0) is 19.3 Å². The molecule has 0 aromatic carbocycles. The van der Waals surface area contributed by atoms with Gasteiger partial charge in [0.05, 0.1) is 0 Å². The second kappa shape index (κ2) is 34.5. The van der Waals surface area contributed by atoms with Crippen LogP contribution in [0, 0.1) is 0 Å². The number of esters is 2. The molecule has 1 amide bonds. The van der Waals surface area contributed by atoms with E-state index < -0.39 is 23.9 Å². The van der Waals surface area contributed by atoms with E-state index >= 15 is 0 Å². The van der Waals surface area contributed by atoms with Crippen molar-refractivity contribution in [1.82, 2.24) is 0 Å². The molecule has 8 heteroatoms. The molecule has 0 heterocycles. The largest absolute Gasteiger partial charge is 0.481 e. The van der Waals surface area contributed by atoms with Crippen molar-refractivity contribution in [3.8, 4) is 0 Å². The van der Waals surface area contributed by atoms with Gasteiger partial charge in [-0.25, -0.2) is 4.79 Å². The Morgan fingerprint density at radius 3 is 1.19 bits per heavy atom. The molecule has 0 radical (unpaired) electrons. The first-order chi connectivity index (χ1) is 20.7. The zero-order valence-corrected chi connectivity index (χ0v) is 28.0. The van der Waals surface area contributed by atoms with Gasteiger partial charge in [0.15, 0.2) is 0 Å². The van der Waals surface area contributed by atoms with Gasteiger partial charge in [-0.2, -0.15) is 0 Å². The van der Waals surface area contributed by atoms with Crippen LogP contribution < -0.4 is 11.5 Å². The molecule has 0 fully saturated rings. The standard InChI is InChI=1S/C18H37NO.C17H31NO5/c1-2-3-4-5-6-7-8-9-10-11-12-13-14-15-16-17-18(19)20;1-2-3-4-5-6-7-8-9-10-11-16(21)23-17(22)14(18)12-13-15(19)20/h2-17H2,1H3,(H2,19,20);14H,2-13,18H2,1H3,(H,19,20)/t;14-/m.0/s1. The monoisotopic (exact) mass is 613 g/mol. The zero-order chi connectivity index (χ0) is 32.4. The summed E-state index contributed by atoms with van der Waals surface area (Å²) >= 11 is 0. The lowest BCUT2D eigenvalue weighted by Crippen LogP contribution is -2.34. The van der Waals surface area contributed by atoms with Gasteiger partial charge in [0.2, 0.25) is 5.91 Å². The summed E-state index contributed by atoms with van der Waals surface area (Å²) in [7, 11) is 0. The van der Waals surface area contributed by atoms with Crippen molar-refractivity contribution in [2.45, 2.75) is 200 Å². The highest BCUT2D eigenvalue weighted by Crippen LogP contribution is 2.14. The van der Waals surface area contributed by atoms with Gasteiger partial charge in [0.1, 0.15) is 6.04 Å². The number of carbonyl (C=O) groups is 4. The fourth-order valence-electron chi connectivity index (χ4n) is 4.89. The van der Waals surface area contributed by atoms with E-state index in [1.165, 1.54) is 128 Å². The summed E-state index contributed by atoms with van der Waals surface area (Å²) in [5.41, 5.74) is 10.6. The first kappa shape index (κ1) is 43.2. The maximum Gasteiger partial charge on any atom is 0.330 e. The molecule has 0 aliphatic carbocycles. The fraction of sp³-hybridized carbons (Fsp3) is 0.886. The normalized spacial score (nSPS) is 11.4. The fourth-order valence-corrected chi connectivity index (χ4v) is 4.89. The van der Waals surface area contributed by atoms with E-state index in [9.17, 15) is 19.2 Å². The van der Waals surface area contributed by atoms with Crippen LogP contribution in [0.3, 0.4) is 0 Å². The Morgan fingerprint density at radius 2 is 0.860 bits per heavy atom. The number of aliphatic carboxylic acids is 1. The van der Waals surface area contributed by atoms with Crippen LogP contribution in [0.25, 0.3) is 0 Å². The number of hydrogen-bond acceptors (Lipinski definition) is 6. The number of ether oxygens (including phenoxy) is 1. The smallest absolute Gasteiger partial charge is 0.330 e. The number of carboxylic acids is 1. The molecule has 43 heavy (non-hydrogen) atoms. The van der Waals surface area contributed by atoms with Crippen molar-refractivity contribution in [1.29, 1.82) is 0 Å². The summed E-state index contributed by atoms with van der Waals surface area (Å²) in [6, 6.07) is -1.06. The molecule has 0 unspecified atom stereocenters. The van der Waals surface area contributed by atoms with Crippen molar-refractivity contribution in [2.75, 3.05) is 0 Å². The van der Waals surface area contributed by atoms with Gasteiger partial charge in [0.25, 0.3) is 0 Å². The minimum atomic E-state index is -1.06. The number of carboxylic acid groups (broad SMARTS) is 1. The van der Waals surface area contributed by atoms with Crippen LogP contribution in [-0.2, 0) is 23.9 Å². The second-order valence-electron chi connectivity index (χ2n) is 12.1. The molecule has 0 saturated heterocycles. The predicted octanol–water partition coefficient (Wildman–Crippen LogP) is 8.90. The summed E-state index contributed by atoms with van der Waals surface area (Å²) in [6.07, 6.45) is 31.1. The number of nitrogens with two attached hydrogens (primary N) is 2. The molecule has 0 bridgehead atoms. The first-order valence-corrected chi connectivity index (χ1v) is 17.7. The highest BCUT2D eigenvalue weighted by Gasteiger charge is 2.19. The minimum Gasteiger partial charge on any atom is -0.481 e. The van der Waals surface area contributed by atoms with Crippen LogP contribution >= 0.6 is 0 Å². The van der Waals surface area contributed by atoms with E-state index in [2.05, 4.69) is 18.6 Å². The van der Waals surface area contributed by atoms with Gasteiger partial charge in [-0.1, -0.05) is 155 Å². The Balaban J connectivity index is 0. The Kier molecular flexibility index (Phi) is 34.7. The number of rotatable bonds is 30. The number of hydrogen-bond donors (Lipinski definition) is 3. The summed E-state index contributed by atoms with van der Waals surface area (Å²) in [6.45, 7) is 4.47. The number of primary amides is 1. The van der Waals surface area contributed by atoms with Gasteiger partial charge < -0.3 is 21.3 Å². The van der Waals surface area contributed by atoms with Crippen LogP contribution in [0.2, 0.25) is 0 Å². The van der Waals surface area contributed by atoms with E-state index in [-0.39, 0.29) is 25.2 Å². The van der Waals surface area contributed by atoms with Crippen LogP contribution in [0.15, 0.2) is 0 Å². The SMILES string of the molecule is CCCCCCCCCCCC(=O)OC(=O)[C@@H](N)CCC(=O)O.CCCCCCCCCCCCCCCCCC(N)=O. The summed E-state index contributed by atoms with van der Waals surface area (Å²) in [5, 5.41) is 8.50. The summed E-state index contributed by atoms with van der Waals surface area (Å²) in [4.78, 5) is 43.9. The number of carbonyl (C=O) groups excluding carboxylic acids is 3. The van der Waals surface area contributed by atoms with Crippen molar-refractivity contribution in [3.63, 3.8) is 0 Å². The van der Waals surface area contributed by atoms with E-state index in [1.54, 1.807) is 0 Å². The molecule has 0 aliphatic heterocycles. The Hall–Kier alpha value is -1.96. The maximum atomic E-state index is 11.5. The highest BCUT2D eigenvalue weighted by atomic mass is 16.6. The van der Waals surface area contributed by atoms with Crippen LogP contribution in [0.1, 0.15) is 194 Å². The van der Waals surface area contributed by atoms with Crippen molar-refractivity contribution in [2.24, 2.45) is 11.5 Å². The van der Waals surface area contributed by atoms with E-state index in [4.69, 9.17) is 16.6 Å². The average Bonchev–Trinajstić information content (AvgIpc) is 2.97. The maximum absolute atomic E-state index is 11.5. The van der Waals surface area contributed by atoms with Crippen LogP contribution in [-0.4, -0.2) is 35.0 Å². The molecule has 8 nitrogen and oxygen atoms in total. The lowest BCUT2D eigenvalue weighted by Gasteiger charge is -2.09. The lowest BCUT2D eigenvalue weighted by atomic mass is 10.0. The van der Waals surface area contributed by atoms with Crippen molar-refractivity contribution >= 4 is 23.8 Å². The van der Waals surface area contributed by atoms with Gasteiger partial charge >= 0.3 is 17.9 Å². The second-order valence-corrected chi connectivity index (χ2v) is 12.1. The minimum absolute atomic E-state index is 0.0283. The molecule has 0 aromatic rings. The van der Waals surface area contributed by atoms with E-state index in [0.717, 1.165) is 19.3 Å². The molecule has 5 N–H and O–H groups in total. The molecule has 254 valence electrons. The van der Waals surface area contributed by atoms with Gasteiger partial charge in [-0.3, -0.25) is 14.4 Å². The average molecular weight is 613 g/mol. The number of unbranched alkanes of at least 4 members (excludes halogenated alkanes) is 22. The Morgan fingerprint density at radius 1 is 0.535 bits per heavy atom. The zero-order valence-electron chi connectivity index (χ0n) is 28.0. The quantitative estimate of drug-likeness (QED) is 0.0416. The third kappa shape index (κ3) is 38.0. The molecule has 0 aliphatic rings. The molecule has 0 spiro atoms. The molecule has 1 atom stereocenters. The molecule has 0 rings (SSSR count). The molecule has 0 saturated carbocycles. The molecule has 0 aromatic heterocycles. The molecular formula is C35H68N2O6. The van der Waals surface area contributed by atoms with Gasteiger partial charge in [-0.15, -0.1) is 0 Å². The topological polar surface area (TPSA) is 150 Å². The van der Waals surface area contributed by atoms with E-state index in [1.807, 2.05) is 0 Å². The van der Waals surface area contributed by atoms with Gasteiger partial charge in [0, 0.05) is 19.3 Å². The lowest BCUT2D eigenvalue weighted by molar-refractivity contribution is -0.160. The third-order valence-electron chi connectivity index (χ3n) is 7.70. The van der Waals surface area contributed by atoms with Crippen molar-refractivity contribution < 1.29 is 29.0 Å².